The number of aryl methyl sites for hydroxylation is 2. The summed E-state index contributed by atoms with van der Waals surface area (Å²) in [6, 6.07) is 0. The first-order chi connectivity index (χ1) is 7.58. The van der Waals surface area contributed by atoms with E-state index in [1.54, 1.807) is 0 Å². The summed E-state index contributed by atoms with van der Waals surface area (Å²) < 4.78 is 6.09. The first-order valence-electron chi connectivity index (χ1n) is 4.36. The molecule has 0 aliphatic carbocycles. The number of hydrogen-bond donors (Lipinski definition) is 0. The van der Waals surface area contributed by atoms with Gasteiger partial charge in [-0.05, 0) is 41.5 Å². The molecule has 0 fully saturated rings. The van der Waals surface area contributed by atoms with Gasteiger partial charge in [0, 0.05) is 0 Å². The van der Waals surface area contributed by atoms with Crippen LogP contribution >= 0.6 is 39.3 Å². The molecule has 0 N–H and O–H groups in total. The Morgan fingerprint density at radius 3 is 2.75 bits per heavy atom. The molecule has 0 atom stereocenters. The van der Waals surface area contributed by atoms with E-state index in [4.69, 9.17) is 16.0 Å². The van der Waals surface area contributed by atoms with Crippen molar-refractivity contribution in [1.29, 1.82) is 0 Å². The van der Waals surface area contributed by atoms with Crippen LogP contribution in [0.3, 0.4) is 0 Å². The maximum absolute atomic E-state index is 5.85. The van der Waals surface area contributed by atoms with Crippen molar-refractivity contribution >= 4 is 39.3 Å². The number of halogens is 2. The van der Waals surface area contributed by atoms with Crippen molar-refractivity contribution in [2.75, 3.05) is 0 Å². The van der Waals surface area contributed by atoms with Crippen molar-refractivity contribution in [3.05, 3.63) is 27.4 Å². The lowest BCUT2D eigenvalue weighted by Crippen LogP contribution is -1.86. The van der Waals surface area contributed by atoms with Gasteiger partial charge >= 0.3 is 0 Å². The highest BCUT2D eigenvalue weighted by Crippen LogP contribution is 2.34. The second-order valence-corrected chi connectivity index (χ2v) is 5.10. The van der Waals surface area contributed by atoms with Gasteiger partial charge in [0.2, 0.25) is 0 Å². The molecule has 2 heterocycles. The molecule has 0 saturated carbocycles. The second kappa shape index (κ2) is 4.73. The summed E-state index contributed by atoms with van der Waals surface area (Å²) in [6.07, 6.45) is 1.40. The normalized spacial score (nSPS) is 10.8. The molecule has 0 aliphatic rings. The van der Waals surface area contributed by atoms with E-state index in [-0.39, 0.29) is 0 Å². The smallest absolute Gasteiger partial charge is 0.262 e. The molecular formula is C9H7BrClN3OS. The van der Waals surface area contributed by atoms with Gasteiger partial charge < -0.3 is 4.42 Å². The highest BCUT2D eigenvalue weighted by atomic mass is 79.9. The lowest BCUT2D eigenvalue weighted by molar-refractivity contribution is 0.431. The number of rotatable bonds is 2. The second-order valence-electron chi connectivity index (χ2n) is 3.01. The summed E-state index contributed by atoms with van der Waals surface area (Å²) in [5, 5.41) is 1.60. The summed E-state index contributed by atoms with van der Waals surface area (Å²) in [7, 11) is 0. The van der Waals surface area contributed by atoms with Gasteiger partial charge in [0.1, 0.15) is 22.3 Å². The fourth-order valence-corrected chi connectivity index (χ4v) is 2.41. The number of hydrogen-bond acceptors (Lipinski definition) is 5. The van der Waals surface area contributed by atoms with Crippen molar-refractivity contribution in [3.8, 4) is 0 Å². The van der Waals surface area contributed by atoms with E-state index in [2.05, 4.69) is 30.9 Å². The molecule has 0 unspecified atom stereocenters. The molecule has 0 aromatic carbocycles. The average Bonchev–Trinajstić information content (AvgIpc) is 2.54. The van der Waals surface area contributed by atoms with E-state index >= 15 is 0 Å². The van der Waals surface area contributed by atoms with Crippen LogP contribution in [0.1, 0.15) is 11.5 Å². The maximum Gasteiger partial charge on any atom is 0.262 e. The zero-order chi connectivity index (χ0) is 11.7. The van der Waals surface area contributed by atoms with Crippen LogP contribution < -0.4 is 0 Å². The van der Waals surface area contributed by atoms with Crippen LogP contribution in [0.4, 0.5) is 0 Å². The summed E-state index contributed by atoms with van der Waals surface area (Å²) in [4.78, 5) is 12.2. The van der Waals surface area contributed by atoms with Gasteiger partial charge in [-0.2, -0.15) is 0 Å². The van der Waals surface area contributed by atoms with Crippen molar-refractivity contribution < 1.29 is 4.42 Å². The van der Waals surface area contributed by atoms with Gasteiger partial charge in [-0.1, -0.05) is 11.6 Å². The number of nitrogens with zero attached hydrogens (tertiary/aromatic N) is 3. The minimum atomic E-state index is 0.373. The molecule has 0 radical (unpaired) electrons. The first-order valence-corrected chi connectivity index (χ1v) is 6.34. The topological polar surface area (TPSA) is 51.8 Å². The van der Waals surface area contributed by atoms with Crippen LogP contribution in [0.15, 0.2) is 25.5 Å². The largest absolute Gasteiger partial charge is 0.436 e. The van der Waals surface area contributed by atoms with Crippen molar-refractivity contribution in [2.45, 2.75) is 24.1 Å². The third-order valence-electron chi connectivity index (χ3n) is 1.91. The lowest BCUT2D eigenvalue weighted by Gasteiger charge is -1.99. The van der Waals surface area contributed by atoms with Gasteiger partial charge in [-0.15, -0.1) is 0 Å². The molecule has 0 amide bonds. The van der Waals surface area contributed by atoms with Crippen molar-refractivity contribution in [1.82, 2.24) is 15.0 Å². The zero-order valence-electron chi connectivity index (χ0n) is 8.49. The van der Waals surface area contributed by atoms with Gasteiger partial charge in [0.05, 0.1) is 10.2 Å². The Hall–Kier alpha value is -0.590. The van der Waals surface area contributed by atoms with Crippen LogP contribution in [-0.4, -0.2) is 15.0 Å². The molecular weight excluding hydrogens is 314 g/mol. The Morgan fingerprint density at radius 1 is 1.38 bits per heavy atom. The van der Waals surface area contributed by atoms with E-state index in [0.717, 1.165) is 11.5 Å². The predicted molar refractivity (Wildman–Crippen MR) is 64.8 cm³/mol. The molecule has 2 aromatic heterocycles. The molecule has 0 bridgehead atoms. The molecule has 16 heavy (non-hydrogen) atoms. The van der Waals surface area contributed by atoms with Crippen LogP contribution in [-0.2, 0) is 0 Å². The molecule has 0 aliphatic heterocycles. The predicted octanol–water partition coefficient (Wildman–Crippen LogP) is 3.65. The monoisotopic (exact) mass is 319 g/mol. The molecule has 4 nitrogen and oxygen atoms in total. The summed E-state index contributed by atoms with van der Waals surface area (Å²) in [5.74, 6) is 0.804. The molecule has 0 saturated heterocycles. The Kier molecular flexibility index (Phi) is 3.51. The standard InChI is InChI=1S/C9H7BrClN3OS/c1-4-5(2)15-9(14-4)16-8-6(10)7(11)12-3-13-8/h3H,1-2H3. The summed E-state index contributed by atoms with van der Waals surface area (Å²) in [5.41, 5.74) is 0.874. The molecule has 84 valence electrons. The van der Waals surface area contributed by atoms with Gasteiger partial charge in [-0.25, -0.2) is 15.0 Å². The highest BCUT2D eigenvalue weighted by Gasteiger charge is 2.13. The number of oxazole rings is 1. The SMILES string of the molecule is Cc1nc(Sc2ncnc(Cl)c2Br)oc1C. The Morgan fingerprint density at radius 2 is 2.12 bits per heavy atom. The highest BCUT2D eigenvalue weighted by molar-refractivity contribution is 9.10. The van der Waals surface area contributed by atoms with Crippen molar-refractivity contribution in [3.63, 3.8) is 0 Å². The fraction of sp³-hybridized carbons (Fsp3) is 0.222. The fourth-order valence-electron chi connectivity index (χ4n) is 0.974. The third kappa shape index (κ3) is 2.39. The van der Waals surface area contributed by atoms with Gasteiger partial charge in [0.25, 0.3) is 5.22 Å². The maximum atomic E-state index is 5.85. The van der Waals surface area contributed by atoms with Gasteiger partial charge in [-0.3, -0.25) is 0 Å². The number of aromatic nitrogens is 3. The lowest BCUT2D eigenvalue weighted by atomic mass is 10.4. The molecule has 2 aromatic rings. The van der Waals surface area contributed by atoms with Crippen LogP contribution in [0.5, 0.6) is 0 Å². The third-order valence-corrected chi connectivity index (χ3v) is 4.29. The van der Waals surface area contributed by atoms with Crippen molar-refractivity contribution in [2.24, 2.45) is 0 Å². The van der Waals surface area contributed by atoms with Gasteiger partial charge in [0.15, 0.2) is 0 Å². The van der Waals surface area contributed by atoms with E-state index in [0.29, 0.717) is 19.9 Å². The average molecular weight is 321 g/mol. The Balaban J connectivity index is 2.30. The Bertz CT molecular complexity index is 512. The summed E-state index contributed by atoms with van der Waals surface area (Å²) in [6.45, 7) is 3.76. The summed E-state index contributed by atoms with van der Waals surface area (Å²) >= 11 is 10.5. The van der Waals surface area contributed by atoms with E-state index < -0.39 is 0 Å². The van der Waals surface area contributed by atoms with Crippen LogP contribution in [0, 0.1) is 13.8 Å². The first kappa shape index (κ1) is 11.9. The van der Waals surface area contributed by atoms with Crippen LogP contribution in [0.2, 0.25) is 5.15 Å². The minimum Gasteiger partial charge on any atom is -0.436 e. The molecule has 0 spiro atoms. The van der Waals surface area contributed by atoms with E-state index in [9.17, 15) is 0 Å². The molecule has 2 rings (SSSR count). The zero-order valence-corrected chi connectivity index (χ0v) is 11.6. The quantitative estimate of drug-likeness (QED) is 0.791. The molecule has 7 heteroatoms. The van der Waals surface area contributed by atoms with E-state index in [1.165, 1.54) is 18.1 Å². The van der Waals surface area contributed by atoms with E-state index in [1.807, 2.05) is 13.8 Å². The Labute approximate surface area is 110 Å². The minimum absolute atomic E-state index is 0.373. The van der Waals surface area contributed by atoms with Crippen LogP contribution in [0.25, 0.3) is 0 Å².